The van der Waals surface area contributed by atoms with E-state index in [0.29, 0.717) is 60.5 Å². The lowest BCUT2D eigenvalue weighted by Crippen LogP contribution is -2.32. The van der Waals surface area contributed by atoms with Crippen LogP contribution in [0.4, 0.5) is 8.78 Å². The number of H-pyrrole nitrogens is 2. The molecule has 4 atom stereocenters. The number of fused-ring (bicyclic) bond motifs is 6. The van der Waals surface area contributed by atoms with Gasteiger partial charge in [-0.15, -0.1) is 0 Å². The van der Waals surface area contributed by atoms with Crippen LogP contribution in [0.5, 0.6) is 0 Å². The zero-order chi connectivity index (χ0) is 29.9. The van der Waals surface area contributed by atoms with E-state index in [2.05, 4.69) is 25.6 Å². The minimum Gasteiger partial charge on any atom is -0.346 e. The van der Waals surface area contributed by atoms with Crippen LogP contribution in [0.15, 0.2) is 60.8 Å². The molecular formula is C35H32F2N6O2. The molecule has 1 saturated carbocycles. The van der Waals surface area contributed by atoms with Crippen LogP contribution >= 0.6 is 0 Å². The van der Waals surface area contributed by atoms with Crippen LogP contribution in [0.25, 0.3) is 44.5 Å². The van der Waals surface area contributed by atoms with E-state index in [4.69, 9.17) is 14.5 Å². The molecule has 2 aromatic heterocycles. The predicted octanol–water partition coefficient (Wildman–Crippen LogP) is 6.33. The molecular weight excluding hydrogens is 574 g/mol. The standard InChI is InChI=1S/C35H32F2N6O2/c36-35(37)25-12-18(19-4-8-27-28(14-19)42-33(41-27)31-21-1-5-22(11-21)40-31)2-6-23(25)24-7-3-20(13-26(24)35)30-16-38-32(43-30)29-15-34(17-39-29)44-9-10-45-34/h2-4,6-8,12-14,16,21-22,29,31,39-40H,1,5,9-11,15,17H2,(H,38,43)(H,41,42)/t21?,22?,29?,31-/m0/s1. The zero-order valence-electron chi connectivity index (χ0n) is 24.5. The number of alkyl halides is 2. The van der Waals surface area contributed by atoms with Crippen LogP contribution in [-0.4, -0.2) is 51.5 Å². The number of ether oxygens (including phenoxy) is 2. The third kappa shape index (κ3) is 3.95. The van der Waals surface area contributed by atoms with E-state index in [1.807, 2.05) is 36.4 Å². The Morgan fingerprint density at radius 3 is 2.36 bits per heavy atom. The van der Waals surface area contributed by atoms with Gasteiger partial charge in [0.25, 0.3) is 5.92 Å². The Kier molecular flexibility index (Phi) is 5.43. The SMILES string of the molecule is FC1(F)c2cc(-c3ccc4nc([C@H]5NC6CCC5C6)[nH]c4c3)ccc2-c2ccc(-c3cnc(C4CC5(CN4)OCCO5)[nH]3)cc21. The van der Waals surface area contributed by atoms with Crippen molar-refractivity contribution >= 4 is 11.0 Å². The van der Waals surface area contributed by atoms with E-state index >= 15 is 8.78 Å². The summed E-state index contributed by atoms with van der Waals surface area (Å²) >= 11 is 0. The summed E-state index contributed by atoms with van der Waals surface area (Å²) in [7, 11) is 0. The molecule has 5 aliphatic rings. The topological polar surface area (TPSA) is 99.9 Å². The van der Waals surface area contributed by atoms with Gasteiger partial charge in [0.05, 0.1) is 54.8 Å². The highest BCUT2D eigenvalue weighted by molar-refractivity contribution is 5.86. The lowest BCUT2D eigenvalue weighted by Gasteiger charge is -2.20. The van der Waals surface area contributed by atoms with E-state index in [9.17, 15) is 0 Å². The van der Waals surface area contributed by atoms with Crippen molar-refractivity contribution in [2.75, 3.05) is 19.8 Å². The van der Waals surface area contributed by atoms with Crippen molar-refractivity contribution in [3.63, 3.8) is 0 Å². The number of aromatic amines is 2. The van der Waals surface area contributed by atoms with Crippen molar-refractivity contribution in [3.8, 4) is 33.5 Å². The van der Waals surface area contributed by atoms with Crippen molar-refractivity contribution < 1.29 is 18.3 Å². The van der Waals surface area contributed by atoms with Crippen molar-refractivity contribution in [2.45, 2.75) is 55.5 Å². The van der Waals surface area contributed by atoms with Crippen LogP contribution in [-0.2, 0) is 15.4 Å². The molecule has 0 radical (unpaired) electrons. The van der Waals surface area contributed by atoms with Gasteiger partial charge in [-0.1, -0.05) is 30.3 Å². The number of nitrogens with one attached hydrogen (secondary N) is 4. The maximum Gasteiger partial charge on any atom is 0.299 e. The van der Waals surface area contributed by atoms with E-state index in [0.717, 1.165) is 33.8 Å². The molecule has 5 aromatic rings. The van der Waals surface area contributed by atoms with E-state index in [1.54, 1.807) is 24.4 Å². The minimum absolute atomic E-state index is 0.0148. The summed E-state index contributed by atoms with van der Waals surface area (Å²) in [5.41, 5.74) is 6.02. The number of imidazole rings is 2. The summed E-state index contributed by atoms with van der Waals surface area (Å²) in [6.45, 7) is 1.77. The second-order valence-electron chi connectivity index (χ2n) is 13.3. The first-order chi connectivity index (χ1) is 21.9. The first-order valence-electron chi connectivity index (χ1n) is 15.9. The molecule has 5 heterocycles. The summed E-state index contributed by atoms with van der Waals surface area (Å²) in [5.74, 6) is -1.38. The number of piperidine rings is 1. The molecule has 228 valence electrons. The second kappa shape index (κ2) is 9.29. The van der Waals surface area contributed by atoms with Gasteiger partial charge in [-0.05, 0) is 71.7 Å². The highest BCUT2D eigenvalue weighted by Gasteiger charge is 2.46. The molecule has 0 amide bonds. The van der Waals surface area contributed by atoms with Crippen molar-refractivity contribution in [3.05, 3.63) is 83.6 Å². The average molecular weight is 607 g/mol. The van der Waals surface area contributed by atoms with E-state index in [-0.39, 0.29) is 23.2 Å². The Bertz CT molecular complexity index is 2000. The number of aromatic nitrogens is 4. The van der Waals surface area contributed by atoms with Gasteiger partial charge < -0.3 is 30.1 Å². The molecule has 3 saturated heterocycles. The Morgan fingerprint density at radius 1 is 0.822 bits per heavy atom. The quantitative estimate of drug-likeness (QED) is 0.191. The smallest absolute Gasteiger partial charge is 0.299 e. The fourth-order valence-electron chi connectivity index (χ4n) is 8.39. The molecule has 10 heteroatoms. The van der Waals surface area contributed by atoms with Crippen LogP contribution < -0.4 is 10.6 Å². The van der Waals surface area contributed by atoms with Gasteiger partial charge in [0.1, 0.15) is 11.6 Å². The summed E-state index contributed by atoms with van der Waals surface area (Å²) < 4.78 is 43.9. The second-order valence-corrected chi connectivity index (χ2v) is 13.3. The Labute approximate surface area is 258 Å². The lowest BCUT2D eigenvalue weighted by molar-refractivity contribution is -0.141. The third-order valence-corrected chi connectivity index (χ3v) is 10.7. The summed E-state index contributed by atoms with van der Waals surface area (Å²) in [6, 6.07) is 17.5. The number of nitrogens with zero attached hydrogens (tertiary/aromatic N) is 2. The van der Waals surface area contributed by atoms with E-state index in [1.165, 1.54) is 19.3 Å². The third-order valence-electron chi connectivity index (χ3n) is 10.7. The molecule has 3 unspecified atom stereocenters. The van der Waals surface area contributed by atoms with Gasteiger partial charge in [-0.25, -0.2) is 9.97 Å². The highest BCUT2D eigenvalue weighted by atomic mass is 19.3. The number of halogens is 2. The first-order valence-corrected chi connectivity index (χ1v) is 15.9. The largest absolute Gasteiger partial charge is 0.346 e. The molecule has 1 spiro atoms. The van der Waals surface area contributed by atoms with Gasteiger partial charge >= 0.3 is 0 Å². The Hall–Kier alpha value is -3.96. The molecule has 2 bridgehead atoms. The molecule has 4 N–H and O–H groups in total. The Balaban J connectivity index is 0.936. The maximum atomic E-state index is 16.2. The number of hydrogen-bond acceptors (Lipinski definition) is 6. The normalized spacial score (nSPS) is 27.2. The van der Waals surface area contributed by atoms with Gasteiger partial charge in [0.2, 0.25) is 0 Å². The van der Waals surface area contributed by atoms with Gasteiger partial charge in [-0.2, -0.15) is 8.78 Å². The molecule has 10 rings (SSSR count). The van der Waals surface area contributed by atoms with E-state index < -0.39 is 11.7 Å². The van der Waals surface area contributed by atoms with Crippen LogP contribution in [0.1, 0.15) is 60.5 Å². The summed E-state index contributed by atoms with van der Waals surface area (Å²) in [4.78, 5) is 16.3. The van der Waals surface area contributed by atoms with Crippen LogP contribution in [0.3, 0.4) is 0 Å². The number of benzene rings is 3. The van der Waals surface area contributed by atoms with Gasteiger partial charge in [0.15, 0.2) is 5.79 Å². The molecule has 2 aliphatic carbocycles. The van der Waals surface area contributed by atoms with Crippen LogP contribution in [0.2, 0.25) is 0 Å². The first kappa shape index (κ1) is 26.3. The van der Waals surface area contributed by atoms with Crippen molar-refractivity contribution in [1.29, 1.82) is 0 Å². The molecule has 8 nitrogen and oxygen atoms in total. The van der Waals surface area contributed by atoms with Crippen molar-refractivity contribution in [2.24, 2.45) is 5.92 Å². The molecule has 4 fully saturated rings. The summed E-state index contributed by atoms with van der Waals surface area (Å²) in [5, 5.41) is 7.12. The fraction of sp³-hybridized carbons (Fsp3) is 0.371. The predicted molar refractivity (Wildman–Crippen MR) is 165 cm³/mol. The highest BCUT2D eigenvalue weighted by Crippen LogP contribution is 2.53. The summed E-state index contributed by atoms with van der Waals surface area (Å²) in [6.07, 6.45) is 6.06. The fourth-order valence-corrected chi connectivity index (χ4v) is 8.39. The monoisotopic (exact) mass is 606 g/mol. The zero-order valence-corrected chi connectivity index (χ0v) is 24.5. The van der Waals surface area contributed by atoms with Gasteiger partial charge in [0, 0.05) is 29.2 Å². The molecule has 45 heavy (non-hydrogen) atoms. The molecule has 3 aliphatic heterocycles. The number of rotatable bonds is 4. The van der Waals surface area contributed by atoms with Gasteiger partial charge in [-0.3, -0.25) is 0 Å². The van der Waals surface area contributed by atoms with Crippen molar-refractivity contribution in [1.82, 2.24) is 30.6 Å². The maximum absolute atomic E-state index is 16.2. The lowest BCUT2D eigenvalue weighted by atomic mass is 9.98. The minimum atomic E-state index is -3.13. The average Bonchev–Trinajstić information content (AvgIpc) is 3.91. The Morgan fingerprint density at radius 2 is 1.58 bits per heavy atom. The van der Waals surface area contributed by atoms with Crippen LogP contribution in [0, 0.1) is 5.92 Å². The molecule has 3 aromatic carbocycles. The number of hydrogen-bond donors (Lipinski definition) is 4.